The zero-order valence-electron chi connectivity index (χ0n) is 19.5. The van der Waals surface area contributed by atoms with Gasteiger partial charge in [0.1, 0.15) is 18.0 Å². The first-order valence-corrected chi connectivity index (χ1v) is 11.5. The molecule has 0 amide bonds. The number of quaternary nitrogens is 1. The molecule has 4 rings (SSSR count). The molecule has 2 heterocycles. The maximum Gasteiger partial charge on any atom is 0.453 e. The van der Waals surface area contributed by atoms with Crippen molar-refractivity contribution in [2.75, 3.05) is 13.1 Å². The highest BCUT2D eigenvalue weighted by Crippen LogP contribution is 2.40. The highest BCUT2D eigenvalue weighted by molar-refractivity contribution is 5.83. The summed E-state index contributed by atoms with van der Waals surface area (Å²) in [5.74, 6) is -2.51. The Morgan fingerprint density at radius 2 is 1.65 bits per heavy atom. The number of hydrogen-bond acceptors (Lipinski definition) is 4. The number of piperidine rings is 1. The van der Waals surface area contributed by atoms with E-state index in [2.05, 4.69) is 0 Å². The fraction of sp³-hybridized carbons (Fsp3) is 0.423. The monoisotopic (exact) mass is 476 g/mol. The Kier molecular flexibility index (Phi) is 6.38. The Labute approximate surface area is 195 Å². The van der Waals surface area contributed by atoms with E-state index in [0.29, 0.717) is 0 Å². The number of likely N-dealkylation sites (tertiary alicyclic amines) is 1. The standard InChI is InChI=1S/C26H28F3NO4/c1-25(2,3)16-7-9-17(10-8-16)33-23-21(32)18-11-12-20(31)19(15-30-13-5-4-6-14-30)22(18)34-24(23)26(27,28)29/h7-12,31H,4-6,13-15H2,1-3H3/p+1. The number of benzene rings is 2. The van der Waals surface area contributed by atoms with Gasteiger partial charge in [-0.2, -0.15) is 13.2 Å². The molecular weight excluding hydrogens is 447 g/mol. The lowest BCUT2D eigenvalue weighted by atomic mass is 9.87. The molecule has 1 aromatic heterocycles. The molecule has 182 valence electrons. The van der Waals surface area contributed by atoms with Crippen LogP contribution in [-0.4, -0.2) is 18.2 Å². The maximum absolute atomic E-state index is 14.0. The van der Waals surface area contributed by atoms with Gasteiger partial charge < -0.3 is 19.2 Å². The normalized spacial score (nSPS) is 15.6. The van der Waals surface area contributed by atoms with Gasteiger partial charge >= 0.3 is 6.18 Å². The number of alkyl halides is 3. The smallest absolute Gasteiger partial charge is 0.453 e. The van der Waals surface area contributed by atoms with Crippen LogP contribution in [0, 0.1) is 0 Å². The topological polar surface area (TPSA) is 64.1 Å². The fourth-order valence-corrected chi connectivity index (χ4v) is 4.36. The zero-order chi connectivity index (χ0) is 24.7. The van der Waals surface area contributed by atoms with Crippen LogP contribution in [0.1, 0.15) is 56.9 Å². The number of fused-ring (bicyclic) bond motifs is 1. The molecule has 0 atom stereocenters. The number of aromatic hydroxyl groups is 1. The van der Waals surface area contributed by atoms with E-state index in [4.69, 9.17) is 9.15 Å². The summed E-state index contributed by atoms with van der Waals surface area (Å²) in [6, 6.07) is 9.18. The van der Waals surface area contributed by atoms with E-state index < -0.39 is 23.1 Å². The molecule has 0 unspecified atom stereocenters. The Hall–Kier alpha value is -3.00. The van der Waals surface area contributed by atoms with Crippen molar-refractivity contribution in [1.29, 1.82) is 0 Å². The molecular formula is C26H29F3NO4+. The summed E-state index contributed by atoms with van der Waals surface area (Å²) in [4.78, 5) is 14.3. The zero-order valence-corrected chi connectivity index (χ0v) is 19.5. The Morgan fingerprint density at radius 1 is 1.00 bits per heavy atom. The summed E-state index contributed by atoms with van der Waals surface area (Å²) < 4.78 is 52.8. The van der Waals surface area contributed by atoms with Crippen molar-refractivity contribution in [2.24, 2.45) is 0 Å². The third kappa shape index (κ3) is 4.92. The number of hydrogen-bond donors (Lipinski definition) is 2. The third-order valence-electron chi connectivity index (χ3n) is 6.28. The number of nitrogens with one attached hydrogen (secondary N) is 1. The highest BCUT2D eigenvalue weighted by atomic mass is 19.4. The van der Waals surface area contributed by atoms with Crippen molar-refractivity contribution >= 4 is 11.0 Å². The first kappa shape index (κ1) is 24.1. The molecule has 0 bridgehead atoms. The largest absolute Gasteiger partial charge is 0.507 e. The van der Waals surface area contributed by atoms with Gasteiger partial charge in [0.25, 0.3) is 5.76 Å². The van der Waals surface area contributed by atoms with E-state index in [1.165, 1.54) is 24.3 Å². The van der Waals surface area contributed by atoms with Crippen LogP contribution in [0.25, 0.3) is 11.0 Å². The molecule has 0 saturated carbocycles. The van der Waals surface area contributed by atoms with Gasteiger partial charge in [0.2, 0.25) is 11.2 Å². The lowest BCUT2D eigenvalue weighted by Gasteiger charge is -2.24. The van der Waals surface area contributed by atoms with Gasteiger partial charge in [-0.25, -0.2) is 0 Å². The molecule has 1 fully saturated rings. The second kappa shape index (κ2) is 8.98. The van der Waals surface area contributed by atoms with Crippen molar-refractivity contribution in [2.45, 2.75) is 58.2 Å². The number of halogens is 3. The minimum atomic E-state index is -4.96. The molecule has 1 saturated heterocycles. The second-order valence-electron chi connectivity index (χ2n) is 9.89. The maximum atomic E-state index is 14.0. The molecule has 3 aromatic rings. The molecule has 5 nitrogen and oxygen atoms in total. The lowest BCUT2D eigenvalue weighted by Crippen LogP contribution is -3.11. The minimum Gasteiger partial charge on any atom is -0.507 e. The SMILES string of the molecule is CC(C)(C)c1ccc(Oc2c(C(F)(F)F)oc3c(C[NH+]4CCCCC4)c(O)ccc3c2=O)cc1. The summed E-state index contributed by atoms with van der Waals surface area (Å²) in [5.41, 5.74) is -0.138. The van der Waals surface area contributed by atoms with Crippen molar-refractivity contribution in [3.63, 3.8) is 0 Å². The first-order chi connectivity index (χ1) is 15.9. The molecule has 0 aliphatic carbocycles. The van der Waals surface area contributed by atoms with Gasteiger partial charge in [-0.15, -0.1) is 0 Å². The predicted molar refractivity (Wildman–Crippen MR) is 123 cm³/mol. The van der Waals surface area contributed by atoms with Crippen LogP contribution in [0.5, 0.6) is 17.2 Å². The Morgan fingerprint density at radius 3 is 2.24 bits per heavy atom. The van der Waals surface area contributed by atoms with Crippen molar-refractivity contribution in [3.05, 3.63) is 63.5 Å². The van der Waals surface area contributed by atoms with Gasteiger partial charge in [0.15, 0.2) is 5.58 Å². The van der Waals surface area contributed by atoms with Crippen LogP contribution in [0.3, 0.4) is 0 Å². The van der Waals surface area contributed by atoms with Crippen LogP contribution in [0.2, 0.25) is 0 Å². The fourth-order valence-electron chi connectivity index (χ4n) is 4.36. The van der Waals surface area contributed by atoms with E-state index in [0.717, 1.165) is 42.8 Å². The summed E-state index contributed by atoms with van der Waals surface area (Å²) in [6.07, 6.45) is -1.85. The number of phenolic OH excluding ortho intramolecular Hbond substituents is 1. The van der Waals surface area contributed by atoms with E-state index >= 15 is 0 Å². The van der Waals surface area contributed by atoms with Crippen LogP contribution in [0.15, 0.2) is 45.6 Å². The van der Waals surface area contributed by atoms with Gasteiger partial charge in [-0.3, -0.25) is 4.79 Å². The molecule has 8 heteroatoms. The minimum absolute atomic E-state index is 0.0569. The molecule has 2 N–H and O–H groups in total. The van der Waals surface area contributed by atoms with Crippen LogP contribution in [-0.2, 0) is 18.1 Å². The summed E-state index contributed by atoms with van der Waals surface area (Å²) in [7, 11) is 0. The number of rotatable bonds is 4. The molecule has 0 spiro atoms. The number of phenols is 1. The van der Waals surface area contributed by atoms with Crippen molar-refractivity contribution < 1.29 is 32.3 Å². The number of ether oxygens (including phenoxy) is 1. The van der Waals surface area contributed by atoms with Crippen LogP contribution in [0.4, 0.5) is 13.2 Å². The quantitative estimate of drug-likeness (QED) is 0.545. The van der Waals surface area contributed by atoms with Gasteiger partial charge in [0.05, 0.1) is 24.0 Å². The second-order valence-corrected chi connectivity index (χ2v) is 9.89. The van der Waals surface area contributed by atoms with Crippen molar-refractivity contribution in [3.8, 4) is 17.2 Å². The summed E-state index contributed by atoms with van der Waals surface area (Å²) >= 11 is 0. The van der Waals surface area contributed by atoms with Crippen LogP contribution >= 0.6 is 0 Å². The summed E-state index contributed by atoms with van der Waals surface area (Å²) in [5, 5.41) is 10.4. The van der Waals surface area contributed by atoms with Gasteiger partial charge in [-0.05, 0) is 54.5 Å². The predicted octanol–water partition coefficient (Wildman–Crippen LogP) is 5.18. The van der Waals surface area contributed by atoms with Gasteiger partial charge in [-0.1, -0.05) is 32.9 Å². The molecule has 1 aliphatic rings. The molecule has 34 heavy (non-hydrogen) atoms. The first-order valence-electron chi connectivity index (χ1n) is 11.5. The molecule has 2 aromatic carbocycles. The Balaban J connectivity index is 1.82. The van der Waals surface area contributed by atoms with E-state index in [9.17, 15) is 23.1 Å². The van der Waals surface area contributed by atoms with E-state index in [1.54, 1.807) is 12.1 Å². The van der Waals surface area contributed by atoms with E-state index in [-0.39, 0.29) is 40.0 Å². The average Bonchev–Trinajstić information content (AvgIpc) is 2.77. The highest BCUT2D eigenvalue weighted by Gasteiger charge is 2.41. The third-order valence-corrected chi connectivity index (χ3v) is 6.28. The van der Waals surface area contributed by atoms with E-state index in [1.807, 2.05) is 20.8 Å². The Bertz CT molecular complexity index is 1230. The molecule has 1 aliphatic heterocycles. The van der Waals surface area contributed by atoms with Crippen molar-refractivity contribution in [1.82, 2.24) is 0 Å². The van der Waals surface area contributed by atoms with Gasteiger partial charge in [0, 0.05) is 0 Å². The molecule has 0 radical (unpaired) electrons. The average molecular weight is 477 g/mol. The lowest BCUT2D eigenvalue weighted by molar-refractivity contribution is -0.918. The summed E-state index contributed by atoms with van der Waals surface area (Å²) in [6.45, 7) is 8.01. The van der Waals surface area contributed by atoms with Crippen LogP contribution < -0.4 is 15.1 Å².